The molecule has 1 aliphatic heterocycles. The van der Waals surface area contributed by atoms with Crippen LogP contribution in [0, 0.1) is 11.7 Å². The predicted molar refractivity (Wildman–Crippen MR) is 102 cm³/mol. The van der Waals surface area contributed by atoms with Gasteiger partial charge in [0.05, 0.1) is 22.7 Å². The first kappa shape index (κ1) is 19.4. The maximum Gasteiger partial charge on any atom is 0.393 e. The van der Waals surface area contributed by atoms with Gasteiger partial charge < -0.3 is 4.90 Å². The molecule has 29 heavy (non-hydrogen) atoms. The van der Waals surface area contributed by atoms with E-state index in [1.807, 2.05) is 0 Å². The minimum Gasteiger partial charge on any atom is -0.338 e. The molecule has 4 rings (SSSR count). The summed E-state index contributed by atoms with van der Waals surface area (Å²) in [7, 11) is 0. The Kier molecular flexibility index (Phi) is 4.98. The normalized spacial score (nSPS) is 17.5. The topological polar surface area (TPSA) is 33.2 Å². The highest BCUT2D eigenvalue weighted by atomic mass is 19.4. The molecular formula is C22H18F4N2O. The summed E-state index contributed by atoms with van der Waals surface area (Å²) in [4.78, 5) is 19.0. The summed E-state index contributed by atoms with van der Waals surface area (Å²) in [5.41, 5.74) is 1.95. The van der Waals surface area contributed by atoms with E-state index in [-0.39, 0.29) is 19.5 Å². The Morgan fingerprint density at radius 3 is 2.52 bits per heavy atom. The third kappa shape index (κ3) is 3.95. The van der Waals surface area contributed by atoms with Gasteiger partial charge in [-0.25, -0.2) is 9.37 Å². The van der Waals surface area contributed by atoms with Crippen LogP contribution in [0.2, 0.25) is 0 Å². The van der Waals surface area contributed by atoms with E-state index >= 15 is 0 Å². The van der Waals surface area contributed by atoms with Crippen LogP contribution in [0.4, 0.5) is 17.6 Å². The number of amides is 1. The zero-order chi connectivity index (χ0) is 20.6. The smallest absolute Gasteiger partial charge is 0.338 e. The highest BCUT2D eigenvalue weighted by Gasteiger charge is 2.42. The van der Waals surface area contributed by atoms with Crippen molar-refractivity contribution in [3.05, 3.63) is 66.0 Å². The molecule has 7 heteroatoms. The van der Waals surface area contributed by atoms with Crippen LogP contribution in [0.25, 0.3) is 22.2 Å². The molecule has 0 N–H and O–H groups in total. The van der Waals surface area contributed by atoms with Crippen molar-refractivity contribution in [1.29, 1.82) is 0 Å². The number of piperidine rings is 1. The average Bonchev–Trinajstić information content (AvgIpc) is 2.72. The van der Waals surface area contributed by atoms with Gasteiger partial charge in [0.15, 0.2) is 0 Å². The van der Waals surface area contributed by atoms with Crippen molar-refractivity contribution in [2.45, 2.75) is 19.0 Å². The molecule has 3 aromatic rings. The quantitative estimate of drug-likeness (QED) is 0.534. The number of hydrogen-bond acceptors (Lipinski definition) is 2. The number of hydrogen-bond donors (Lipinski definition) is 0. The summed E-state index contributed by atoms with van der Waals surface area (Å²) in [5.74, 6) is -2.34. The number of benzene rings is 2. The number of carbonyl (C=O) groups excluding carboxylic acids is 1. The first-order valence-corrected chi connectivity index (χ1v) is 9.34. The van der Waals surface area contributed by atoms with E-state index in [0.29, 0.717) is 34.1 Å². The van der Waals surface area contributed by atoms with Crippen LogP contribution in [0.15, 0.2) is 54.6 Å². The highest BCUT2D eigenvalue weighted by molar-refractivity contribution is 6.07. The molecular weight excluding hydrogens is 384 g/mol. The van der Waals surface area contributed by atoms with E-state index in [1.54, 1.807) is 42.5 Å². The lowest BCUT2D eigenvalue weighted by Crippen LogP contribution is -2.44. The van der Waals surface area contributed by atoms with Gasteiger partial charge in [-0.2, -0.15) is 13.2 Å². The monoisotopic (exact) mass is 402 g/mol. The largest absolute Gasteiger partial charge is 0.393 e. The summed E-state index contributed by atoms with van der Waals surface area (Å²) in [6.07, 6.45) is -3.98. The van der Waals surface area contributed by atoms with Crippen molar-refractivity contribution < 1.29 is 22.4 Å². The Morgan fingerprint density at radius 1 is 1.07 bits per heavy atom. The van der Waals surface area contributed by atoms with Gasteiger partial charge >= 0.3 is 6.18 Å². The van der Waals surface area contributed by atoms with Gasteiger partial charge in [-0.05, 0) is 49.2 Å². The molecule has 2 heterocycles. The second-order valence-electron chi connectivity index (χ2n) is 7.21. The third-order valence-corrected chi connectivity index (χ3v) is 5.26. The number of aromatic nitrogens is 1. The molecule has 0 bridgehead atoms. The fourth-order valence-electron chi connectivity index (χ4n) is 3.72. The lowest BCUT2D eigenvalue weighted by atomic mass is 9.96. The Bertz CT molecular complexity index is 1050. The molecule has 0 spiro atoms. The number of pyridine rings is 1. The molecule has 0 saturated carbocycles. The Balaban J connectivity index is 1.76. The van der Waals surface area contributed by atoms with Crippen molar-refractivity contribution in [2.24, 2.45) is 5.92 Å². The number of rotatable bonds is 2. The average molecular weight is 402 g/mol. The van der Waals surface area contributed by atoms with Crippen LogP contribution in [-0.2, 0) is 0 Å². The number of fused-ring (bicyclic) bond motifs is 1. The Hall–Kier alpha value is -2.96. The maximum atomic E-state index is 13.3. The second kappa shape index (κ2) is 7.46. The summed E-state index contributed by atoms with van der Waals surface area (Å²) >= 11 is 0. The maximum absolute atomic E-state index is 13.3. The fourth-order valence-corrected chi connectivity index (χ4v) is 3.72. The van der Waals surface area contributed by atoms with E-state index in [9.17, 15) is 22.4 Å². The molecule has 1 aliphatic rings. The van der Waals surface area contributed by atoms with Gasteiger partial charge in [0, 0.05) is 24.0 Å². The fraction of sp³-hybridized carbons (Fsp3) is 0.273. The minimum atomic E-state index is -4.32. The van der Waals surface area contributed by atoms with Gasteiger partial charge in [-0.15, -0.1) is 0 Å². The van der Waals surface area contributed by atoms with Crippen LogP contribution < -0.4 is 0 Å². The van der Waals surface area contributed by atoms with E-state index in [2.05, 4.69) is 4.98 Å². The standard InChI is InChI=1S/C22H18F4N2O/c23-16-9-7-14(8-10-16)20-12-18(17-5-1-2-6-19(17)27-20)21(29)28-11-3-4-15(13-28)22(24,25)26/h1-2,5-10,12,15H,3-4,11,13H2. The first-order chi connectivity index (χ1) is 13.8. The van der Waals surface area contributed by atoms with Crippen molar-refractivity contribution in [2.75, 3.05) is 13.1 Å². The number of alkyl halides is 3. The van der Waals surface area contributed by atoms with Gasteiger partial charge in [0.2, 0.25) is 0 Å². The SMILES string of the molecule is O=C(c1cc(-c2ccc(F)cc2)nc2ccccc12)N1CCCC(C(F)(F)F)C1. The van der Waals surface area contributed by atoms with Crippen molar-refractivity contribution in [3.8, 4) is 11.3 Å². The second-order valence-corrected chi connectivity index (χ2v) is 7.21. The first-order valence-electron chi connectivity index (χ1n) is 9.34. The molecule has 0 radical (unpaired) electrons. The van der Waals surface area contributed by atoms with Crippen LogP contribution in [-0.4, -0.2) is 35.1 Å². The molecule has 2 aromatic carbocycles. The van der Waals surface area contributed by atoms with E-state index in [0.717, 1.165) is 0 Å². The molecule has 1 atom stereocenters. The van der Waals surface area contributed by atoms with E-state index in [4.69, 9.17) is 0 Å². The molecule has 1 aromatic heterocycles. The molecule has 3 nitrogen and oxygen atoms in total. The molecule has 1 fully saturated rings. The predicted octanol–water partition coefficient (Wildman–Crippen LogP) is 5.46. The number of likely N-dealkylation sites (tertiary alicyclic amines) is 1. The number of halogens is 4. The van der Waals surface area contributed by atoms with Gasteiger partial charge in [-0.3, -0.25) is 4.79 Å². The van der Waals surface area contributed by atoms with E-state index < -0.39 is 23.8 Å². The summed E-state index contributed by atoms with van der Waals surface area (Å²) in [5, 5.41) is 0.581. The Morgan fingerprint density at radius 2 is 1.79 bits per heavy atom. The van der Waals surface area contributed by atoms with Gasteiger partial charge in [-0.1, -0.05) is 18.2 Å². The van der Waals surface area contributed by atoms with Crippen LogP contribution >= 0.6 is 0 Å². The summed E-state index contributed by atoms with van der Waals surface area (Å²) in [6.45, 7) is -0.0567. The number of nitrogens with zero attached hydrogens (tertiary/aromatic N) is 2. The van der Waals surface area contributed by atoms with Gasteiger partial charge in [0.25, 0.3) is 5.91 Å². The lowest BCUT2D eigenvalue weighted by Gasteiger charge is -2.34. The number of para-hydroxylation sites is 1. The highest BCUT2D eigenvalue weighted by Crippen LogP contribution is 2.34. The molecule has 150 valence electrons. The minimum absolute atomic E-state index is 0.0329. The number of carbonyl (C=O) groups is 1. The molecule has 1 unspecified atom stereocenters. The molecule has 1 amide bonds. The third-order valence-electron chi connectivity index (χ3n) is 5.26. The van der Waals surface area contributed by atoms with E-state index in [1.165, 1.54) is 17.0 Å². The van der Waals surface area contributed by atoms with Crippen LogP contribution in [0.5, 0.6) is 0 Å². The zero-order valence-corrected chi connectivity index (χ0v) is 15.4. The van der Waals surface area contributed by atoms with Gasteiger partial charge in [0.1, 0.15) is 5.82 Å². The molecule has 1 saturated heterocycles. The summed E-state index contributed by atoms with van der Waals surface area (Å²) < 4.78 is 52.8. The van der Waals surface area contributed by atoms with Crippen molar-refractivity contribution >= 4 is 16.8 Å². The van der Waals surface area contributed by atoms with Crippen LogP contribution in [0.1, 0.15) is 23.2 Å². The Labute approximate surface area is 165 Å². The molecule has 0 aliphatic carbocycles. The zero-order valence-electron chi connectivity index (χ0n) is 15.4. The summed E-state index contributed by atoms with van der Waals surface area (Å²) in [6, 6.07) is 14.3. The lowest BCUT2D eigenvalue weighted by molar-refractivity contribution is -0.184. The van der Waals surface area contributed by atoms with Crippen molar-refractivity contribution in [3.63, 3.8) is 0 Å². The van der Waals surface area contributed by atoms with Crippen LogP contribution in [0.3, 0.4) is 0 Å². The van der Waals surface area contributed by atoms with Crippen molar-refractivity contribution in [1.82, 2.24) is 9.88 Å².